The first-order valence-electron chi connectivity index (χ1n) is 9.35. The summed E-state index contributed by atoms with van der Waals surface area (Å²) in [6.07, 6.45) is 3.40. The number of hydrogen-bond donors (Lipinski definition) is 1. The van der Waals surface area contributed by atoms with E-state index in [-0.39, 0.29) is 11.3 Å². The number of aryl methyl sites for hydroxylation is 2. The maximum absolute atomic E-state index is 12.8. The van der Waals surface area contributed by atoms with E-state index >= 15 is 0 Å². The van der Waals surface area contributed by atoms with Crippen molar-refractivity contribution in [2.45, 2.75) is 32.1 Å². The van der Waals surface area contributed by atoms with Gasteiger partial charge in [-0.1, -0.05) is 29.8 Å². The van der Waals surface area contributed by atoms with Crippen LogP contribution in [0.15, 0.2) is 30.5 Å². The molecule has 1 amide bonds. The topological polar surface area (TPSA) is 67.4 Å². The lowest BCUT2D eigenvalue weighted by molar-refractivity contribution is 0.0487. The Kier molecular flexibility index (Phi) is 5.75. The maximum atomic E-state index is 12.8. The zero-order valence-corrected chi connectivity index (χ0v) is 16.6. The highest BCUT2D eigenvalue weighted by Crippen LogP contribution is 2.34. The Morgan fingerprint density at radius 1 is 1.26 bits per heavy atom. The van der Waals surface area contributed by atoms with E-state index in [4.69, 9.17) is 4.74 Å². The van der Waals surface area contributed by atoms with E-state index in [9.17, 15) is 4.79 Å². The fourth-order valence-electron chi connectivity index (χ4n) is 3.54. The second kappa shape index (κ2) is 8.05. The number of aromatic nitrogens is 2. The van der Waals surface area contributed by atoms with Crippen LogP contribution in [-0.2, 0) is 10.2 Å². The van der Waals surface area contributed by atoms with Crippen LogP contribution in [0.1, 0.15) is 40.0 Å². The third-order valence-electron chi connectivity index (χ3n) is 5.28. The van der Waals surface area contributed by atoms with Crippen molar-refractivity contribution in [2.75, 3.05) is 38.8 Å². The average molecular weight is 368 g/mol. The number of benzene rings is 1. The summed E-state index contributed by atoms with van der Waals surface area (Å²) in [4.78, 5) is 23.3. The molecule has 0 radical (unpaired) electrons. The summed E-state index contributed by atoms with van der Waals surface area (Å²) in [5.41, 5.74) is 3.60. The SMILES string of the molecule is Cc1cccc(C2(CNC(=O)c3cnc(N(C)C)nc3C)CCOCC2)c1. The molecule has 2 aromatic rings. The number of ether oxygens (including phenoxy) is 1. The smallest absolute Gasteiger partial charge is 0.254 e. The molecule has 1 aromatic heterocycles. The molecule has 6 heteroatoms. The lowest BCUT2D eigenvalue weighted by Crippen LogP contribution is -2.44. The molecule has 1 fully saturated rings. The number of carbonyl (C=O) groups is 1. The minimum Gasteiger partial charge on any atom is -0.381 e. The van der Waals surface area contributed by atoms with E-state index < -0.39 is 0 Å². The number of hydrogen-bond acceptors (Lipinski definition) is 5. The molecule has 1 aliphatic heterocycles. The van der Waals surface area contributed by atoms with Crippen LogP contribution in [-0.4, -0.2) is 49.7 Å². The lowest BCUT2D eigenvalue weighted by atomic mass is 9.73. The summed E-state index contributed by atoms with van der Waals surface area (Å²) in [5.74, 6) is 0.473. The molecular weight excluding hydrogens is 340 g/mol. The molecule has 0 aliphatic carbocycles. The molecule has 0 bridgehead atoms. The van der Waals surface area contributed by atoms with Crippen molar-refractivity contribution < 1.29 is 9.53 Å². The van der Waals surface area contributed by atoms with Gasteiger partial charge in [0.1, 0.15) is 0 Å². The molecule has 2 heterocycles. The quantitative estimate of drug-likeness (QED) is 0.879. The van der Waals surface area contributed by atoms with Gasteiger partial charge >= 0.3 is 0 Å². The molecule has 1 saturated heterocycles. The van der Waals surface area contributed by atoms with Gasteiger partial charge in [-0.2, -0.15) is 0 Å². The summed E-state index contributed by atoms with van der Waals surface area (Å²) >= 11 is 0. The molecule has 27 heavy (non-hydrogen) atoms. The van der Waals surface area contributed by atoms with E-state index in [0.29, 0.717) is 37.0 Å². The van der Waals surface area contributed by atoms with E-state index in [1.165, 1.54) is 11.1 Å². The first kappa shape index (κ1) is 19.3. The van der Waals surface area contributed by atoms with Crippen LogP contribution >= 0.6 is 0 Å². The highest BCUT2D eigenvalue weighted by molar-refractivity contribution is 5.95. The largest absolute Gasteiger partial charge is 0.381 e. The Balaban J connectivity index is 1.79. The monoisotopic (exact) mass is 368 g/mol. The molecular formula is C21H28N4O2. The first-order chi connectivity index (χ1) is 12.9. The number of nitrogens with one attached hydrogen (secondary N) is 1. The zero-order valence-electron chi connectivity index (χ0n) is 16.6. The van der Waals surface area contributed by atoms with Gasteiger partial charge in [-0.15, -0.1) is 0 Å². The Labute approximate surface area is 161 Å². The van der Waals surface area contributed by atoms with Crippen LogP contribution in [0.3, 0.4) is 0 Å². The van der Waals surface area contributed by atoms with Crippen LogP contribution in [0.2, 0.25) is 0 Å². The molecule has 1 aromatic carbocycles. The van der Waals surface area contributed by atoms with Crippen LogP contribution in [0.5, 0.6) is 0 Å². The maximum Gasteiger partial charge on any atom is 0.254 e. The Hall–Kier alpha value is -2.47. The van der Waals surface area contributed by atoms with Crippen molar-refractivity contribution in [1.82, 2.24) is 15.3 Å². The molecule has 144 valence electrons. The minimum absolute atomic E-state index is 0.0989. The van der Waals surface area contributed by atoms with Crippen molar-refractivity contribution >= 4 is 11.9 Å². The zero-order chi connectivity index (χ0) is 19.4. The van der Waals surface area contributed by atoms with Gasteiger partial charge in [0.05, 0.1) is 11.3 Å². The summed E-state index contributed by atoms with van der Waals surface area (Å²) < 4.78 is 5.59. The van der Waals surface area contributed by atoms with Crippen LogP contribution < -0.4 is 10.2 Å². The van der Waals surface area contributed by atoms with Gasteiger partial charge in [0.15, 0.2) is 0 Å². The molecule has 0 spiro atoms. The van der Waals surface area contributed by atoms with Crippen LogP contribution in [0.4, 0.5) is 5.95 Å². The van der Waals surface area contributed by atoms with Gasteiger partial charge in [-0.05, 0) is 32.3 Å². The van der Waals surface area contributed by atoms with Gasteiger partial charge in [-0.25, -0.2) is 9.97 Å². The molecule has 1 aliphatic rings. The van der Waals surface area contributed by atoms with E-state index in [1.807, 2.05) is 25.9 Å². The Morgan fingerprint density at radius 2 is 2.00 bits per heavy atom. The van der Waals surface area contributed by atoms with Gasteiger partial charge in [0.25, 0.3) is 5.91 Å². The first-order valence-corrected chi connectivity index (χ1v) is 9.35. The van der Waals surface area contributed by atoms with E-state index in [1.54, 1.807) is 6.20 Å². The predicted molar refractivity (Wildman–Crippen MR) is 106 cm³/mol. The molecule has 1 N–H and O–H groups in total. The average Bonchev–Trinajstić information content (AvgIpc) is 2.66. The normalized spacial score (nSPS) is 16.0. The Morgan fingerprint density at radius 3 is 2.63 bits per heavy atom. The summed E-state index contributed by atoms with van der Waals surface area (Å²) in [7, 11) is 3.76. The van der Waals surface area contributed by atoms with Crippen molar-refractivity contribution in [2.24, 2.45) is 0 Å². The van der Waals surface area contributed by atoms with Crippen molar-refractivity contribution in [3.05, 3.63) is 52.8 Å². The third kappa shape index (κ3) is 4.27. The van der Waals surface area contributed by atoms with E-state index in [0.717, 1.165) is 12.8 Å². The molecule has 3 rings (SSSR count). The molecule has 0 saturated carbocycles. The van der Waals surface area contributed by atoms with Gasteiger partial charge in [0.2, 0.25) is 5.95 Å². The van der Waals surface area contributed by atoms with Crippen molar-refractivity contribution in [3.63, 3.8) is 0 Å². The van der Waals surface area contributed by atoms with Gasteiger partial charge in [0, 0.05) is 45.5 Å². The second-order valence-electron chi connectivity index (χ2n) is 7.51. The van der Waals surface area contributed by atoms with Gasteiger partial charge < -0.3 is 15.0 Å². The number of nitrogens with zero attached hydrogens (tertiary/aromatic N) is 3. The van der Waals surface area contributed by atoms with Crippen LogP contribution in [0.25, 0.3) is 0 Å². The highest BCUT2D eigenvalue weighted by Gasteiger charge is 2.35. The summed E-state index contributed by atoms with van der Waals surface area (Å²) in [6.45, 7) is 5.94. The minimum atomic E-state index is -0.128. The molecule has 0 unspecified atom stereocenters. The van der Waals surface area contributed by atoms with Crippen molar-refractivity contribution in [3.8, 4) is 0 Å². The lowest BCUT2D eigenvalue weighted by Gasteiger charge is -2.38. The number of carbonyl (C=O) groups excluding carboxylic acids is 1. The summed E-state index contributed by atoms with van der Waals surface area (Å²) in [5, 5.41) is 3.13. The number of anilines is 1. The fraction of sp³-hybridized carbons (Fsp3) is 0.476. The number of amides is 1. The van der Waals surface area contributed by atoms with Crippen molar-refractivity contribution in [1.29, 1.82) is 0 Å². The third-order valence-corrected chi connectivity index (χ3v) is 5.28. The predicted octanol–water partition coefficient (Wildman–Crippen LogP) is 2.64. The van der Waals surface area contributed by atoms with Crippen LogP contribution in [0, 0.1) is 13.8 Å². The standard InChI is InChI=1S/C21H28N4O2/c1-15-6-5-7-17(12-15)21(8-10-27-11-9-21)14-23-19(26)18-13-22-20(25(3)4)24-16(18)2/h5-7,12-13H,8-11,14H2,1-4H3,(H,23,26). The second-order valence-corrected chi connectivity index (χ2v) is 7.51. The highest BCUT2D eigenvalue weighted by atomic mass is 16.5. The molecule has 6 nitrogen and oxygen atoms in total. The van der Waals surface area contributed by atoms with Gasteiger partial charge in [-0.3, -0.25) is 4.79 Å². The van der Waals surface area contributed by atoms with E-state index in [2.05, 4.69) is 46.5 Å². The number of rotatable bonds is 5. The molecule has 0 atom stereocenters. The fourth-order valence-corrected chi connectivity index (χ4v) is 3.54. The summed E-state index contributed by atoms with van der Waals surface area (Å²) in [6, 6.07) is 8.56. The Bertz CT molecular complexity index is 814.